The number of fused-ring (bicyclic) bond motifs is 3. The van der Waals surface area contributed by atoms with Crippen LogP contribution in [-0.4, -0.2) is 21.8 Å². The molecule has 80 valence electrons. The predicted octanol–water partition coefficient (Wildman–Crippen LogP) is 2.51. The minimum Gasteiger partial charge on any atom is -0.475 e. The first kappa shape index (κ1) is 9.15. The molecular formula is C12H11N3O. The first-order valence-electron chi connectivity index (χ1n) is 5.25. The number of benzene rings is 1. The van der Waals surface area contributed by atoms with Gasteiger partial charge in [0.2, 0.25) is 0 Å². The Balaban J connectivity index is 2.39. The average molecular weight is 213 g/mol. The van der Waals surface area contributed by atoms with Crippen molar-refractivity contribution >= 4 is 21.8 Å². The van der Waals surface area contributed by atoms with Crippen molar-refractivity contribution in [2.24, 2.45) is 0 Å². The minimum atomic E-state index is 0.566. The Hall–Kier alpha value is -2.10. The summed E-state index contributed by atoms with van der Waals surface area (Å²) in [4.78, 5) is 3.30. The van der Waals surface area contributed by atoms with Crippen molar-refractivity contribution in [1.82, 2.24) is 15.2 Å². The van der Waals surface area contributed by atoms with Crippen molar-refractivity contribution in [3.63, 3.8) is 0 Å². The fourth-order valence-electron chi connectivity index (χ4n) is 1.89. The van der Waals surface area contributed by atoms with E-state index in [1.54, 1.807) is 6.20 Å². The summed E-state index contributed by atoms with van der Waals surface area (Å²) in [5.41, 5.74) is 1.99. The average Bonchev–Trinajstić information content (AvgIpc) is 2.69. The lowest BCUT2D eigenvalue weighted by Gasteiger charge is -2.00. The summed E-state index contributed by atoms with van der Waals surface area (Å²) < 4.78 is 5.44. The van der Waals surface area contributed by atoms with Gasteiger partial charge >= 0.3 is 0 Å². The summed E-state index contributed by atoms with van der Waals surface area (Å²) in [5, 5.41) is 10.1. The Labute approximate surface area is 92.3 Å². The molecule has 0 fully saturated rings. The van der Waals surface area contributed by atoms with E-state index >= 15 is 0 Å². The molecule has 0 bridgehead atoms. The zero-order valence-corrected chi connectivity index (χ0v) is 8.90. The van der Waals surface area contributed by atoms with Crippen molar-refractivity contribution in [2.75, 3.05) is 6.61 Å². The molecule has 2 aromatic heterocycles. The van der Waals surface area contributed by atoms with E-state index in [-0.39, 0.29) is 0 Å². The van der Waals surface area contributed by atoms with Crippen molar-refractivity contribution in [2.45, 2.75) is 6.92 Å². The molecule has 0 saturated heterocycles. The van der Waals surface area contributed by atoms with E-state index in [0.29, 0.717) is 12.5 Å². The second-order valence-electron chi connectivity index (χ2n) is 3.54. The standard InChI is InChI=1S/C12H11N3O/c1-2-16-12-11-9(7-13-15-12)8-5-3-4-6-10(8)14-11/h3-7,14H,2H2,1H3. The molecule has 0 spiro atoms. The van der Waals surface area contributed by atoms with E-state index in [0.717, 1.165) is 21.8 Å². The molecule has 0 radical (unpaired) electrons. The highest BCUT2D eigenvalue weighted by atomic mass is 16.5. The minimum absolute atomic E-state index is 0.566. The number of H-pyrrole nitrogens is 1. The van der Waals surface area contributed by atoms with E-state index in [1.165, 1.54) is 0 Å². The first-order chi connectivity index (χ1) is 7.90. The highest BCUT2D eigenvalue weighted by Gasteiger charge is 2.09. The van der Waals surface area contributed by atoms with Gasteiger partial charge in [-0.3, -0.25) is 0 Å². The molecule has 4 heteroatoms. The van der Waals surface area contributed by atoms with Gasteiger partial charge < -0.3 is 9.72 Å². The number of aromatic nitrogens is 3. The zero-order chi connectivity index (χ0) is 11.0. The predicted molar refractivity (Wildman–Crippen MR) is 62.6 cm³/mol. The van der Waals surface area contributed by atoms with Crippen LogP contribution in [-0.2, 0) is 0 Å². The maximum absolute atomic E-state index is 5.44. The molecule has 0 atom stereocenters. The summed E-state index contributed by atoms with van der Waals surface area (Å²) in [6.07, 6.45) is 1.76. The van der Waals surface area contributed by atoms with Crippen LogP contribution in [0.4, 0.5) is 0 Å². The lowest BCUT2D eigenvalue weighted by Crippen LogP contribution is -1.96. The highest BCUT2D eigenvalue weighted by Crippen LogP contribution is 2.28. The van der Waals surface area contributed by atoms with Gasteiger partial charge in [0.25, 0.3) is 5.88 Å². The van der Waals surface area contributed by atoms with Crippen molar-refractivity contribution in [1.29, 1.82) is 0 Å². The molecule has 0 aliphatic heterocycles. The van der Waals surface area contributed by atoms with Crippen LogP contribution in [0.1, 0.15) is 6.92 Å². The maximum atomic E-state index is 5.44. The fraction of sp³-hybridized carbons (Fsp3) is 0.167. The van der Waals surface area contributed by atoms with Crippen LogP contribution >= 0.6 is 0 Å². The number of hydrogen-bond donors (Lipinski definition) is 1. The van der Waals surface area contributed by atoms with E-state index in [1.807, 2.05) is 25.1 Å². The molecule has 3 aromatic rings. The Morgan fingerprint density at radius 1 is 1.25 bits per heavy atom. The van der Waals surface area contributed by atoms with Gasteiger partial charge in [0.1, 0.15) is 5.52 Å². The summed E-state index contributed by atoms with van der Waals surface area (Å²) in [6, 6.07) is 8.10. The van der Waals surface area contributed by atoms with Crippen LogP contribution in [0, 0.1) is 0 Å². The molecule has 1 aromatic carbocycles. The molecule has 0 aliphatic rings. The normalized spacial score (nSPS) is 11.1. The number of para-hydroxylation sites is 1. The summed E-state index contributed by atoms with van der Waals surface area (Å²) >= 11 is 0. The second kappa shape index (κ2) is 3.48. The van der Waals surface area contributed by atoms with Crippen LogP contribution in [0.15, 0.2) is 30.5 Å². The van der Waals surface area contributed by atoms with Gasteiger partial charge in [-0.2, -0.15) is 5.10 Å². The first-order valence-corrected chi connectivity index (χ1v) is 5.25. The molecule has 4 nitrogen and oxygen atoms in total. The van der Waals surface area contributed by atoms with Crippen molar-refractivity contribution in [3.8, 4) is 5.88 Å². The third kappa shape index (κ3) is 1.23. The molecule has 0 amide bonds. The lowest BCUT2D eigenvalue weighted by molar-refractivity contribution is 0.327. The molecule has 2 heterocycles. The van der Waals surface area contributed by atoms with E-state index < -0.39 is 0 Å². The van der Waals surface area contributed by atoms with Crippen LogP contribution in [0.5, 0.6) is 5.88 Å². The van der Waals surface area contributed by atoms with Crippen LogP contribution in [0.25, 0.3) is 21.8 Å². The Kier molecular flexibility index (Phi) is 1.99. The Morgan fingerprint density at radius 3 is 3.00 bits per heavy atom. The number of rotatable bonds is 2. The molecule has 0 aliphatic carbocycles. The molecule has 1 N–H and O–H groups in total. The van der Waals surface area contributed by atoms with Crippen LogP contribution < -0.4 is 4.74 Å². The van der Waals surface area contributed by atoms with Gasteiger partial charge in [0.15, 0.2) is 0 Å². The third-order valence-corrected chi connectivity index (χ3v) is 2.58. The zero-order valence-electron chi connectivity index (χ0n) is 8.90. The van der Waals surface area contributed by atoms with Crippen LogP contribution in [0.2, 0.25) is 0 Å². The van der Waals surface area contributed by atoms with Gasteiger partial charge in [-0.15, -0.1) is 5.10 Å². The molecular weight excluding hydrogens is 202 g/mol. The Morgan fingerprint density at radius 2 is 2.12 bits per heavy atom. The maximum Gasteiger partial charge on any atom is 0.258 e. The number of aromatic amines is 1. The monoisotopic (exact) mass is 213 g/mol. The van der Waals surface area contributed by atoms with Gasteiger partial charge in [-0.1, -0.05) is 18.2 Å². The molecule has 0 unspecified atom stereocenters. The SMILES string of the molecule is CCOc1nncc2c1[nH]c1ccccc12. The van der Waals surface area contributed by atoms with Gasteiger partial charge in [0.05, 0.1) is 12.8 Å². The number of ether oxygens (including phenoxy) is 1. The van der Waals surface area contributed by atoms with Gasteiger partial charge in [0, 0.05) is 16.3 Å². The molecule has 0 saturated carbocycles. The topological polar surface area (TPSA) is 50.8 Å². The van der Waals surface area contributed by atoms with Crippen molar-refractivity contribution in [3.05, 3.63) is 30.5 Å². The Bertz CT molecular complexity index is 645. The molecule has 16 heavy (non-hydrogen) atoms. The summed E-state index contributed by atoms with van der Waals surface area (Å²) in [6.45, 7) is 2.52. The highest BCUT2D eigenvalue weighted by molar-refractivity contribution is 6.08. The van der Waals surface area contributed by atoms with E-state index in [2.05, 4.69) is 21.2 Å². The van der Waals surface area contributed by atoms with Gasteiger partial charge in [-0.05, 0) is 13.0 Å². The lowest BCUT2D eigenvalue weighted by atomic mass is 10.2. The summed E-state index contributed by atoms with van der Waals surface area (Å²) in [5.74, 6) is 0.566. The number of nitrogens with one attached hydrogen (secondary N) is 1. The second-order valence-corrected chi connectivity index (χ2v) is 3.54. The fourth-order valence-corrected chi connectivity index (χ4v) is 1.89. The quantitative estimate of drug-likeness (QED) is 0.711. The van der Waals surface area contributed by atoms with Crippen LogP contribution in [0.3, 0.4) is 0 Å². The molecule has 3 rings (SSSR count). The largest absolute Gasteiger partial charge is 0.475 e. The number of nitrogens with zero attached hydrogens (tertiary/aromatic N) is 2. The third-order valence-electron chi connectivity index (χ3n) is 2.58. The summed E-state index contributed by atoms with van der Waals surface area (Å²) in [7, 11) is 0. The number of hydrogen-bond acceptors (Lipinski definition) is 3. The smallest absolute Gasteiger partial charge is 0.258 e. The van der Waals surface area contributed by atoms with E-state index in [9.17, 15) is 0 Å². The van der Waals surface area contributed by atoms with E-state index in [4.69, 9.17) is 4.74 Å². The van der Waals surface area contributed by atoms with Crippen molar-refractivity contribution < 1.29 is 4.74 Å². The van der Waals surface area contributed by atoms with Gasteiger partial charge in [-0.25, -0.2) is 0 Å².